The third-order valence-corrected chi connectivity index (χ3v) is 4.07. The fourth-order valence-corrected chi connectivity index (χ4v) is 2.78. The zero-order valence-corrected chi connectivity index (χ0v) is 13.0. The Labute approximate surface area is 130 Å². The Kier molecular flexibility index (Phi) is 5.74. The van der Waals surface area contributed by atoms with Crippen LogP contribution in [0.15, 0.2) is 47.4 Å². The molecule has 2 aromatic rings. The molecule has 108 valence electrons. The van der Waals surface area contributed by atoms with E-state index in [0.717, 1.165) is 22.6 Å². The highest BCUT2D eigenvalue weighted by molar-refractivity contribution is 7.98. The highest BCUT2D eigenvalue weighted by atomic mass is 32.2. The van der Waals surface area contributed by atoms with Gasteiger partial charge in [-0.2, -0.15) is 0 Å². The Balaban J connectivity index is 2.15. The van der Waals surface area contributed by atoms with Crippen LogP contribution in [0.1, 0.15) is 16.7 Å². The van der Waals surface area contributed by atoms with Crippen molar-refractivity contribution in [2.24, 2.45) is 0 Å². The molecule has 21 heavy (non-hydrogen) atoms. The normalized spacial score (nSPS) is 9.86. The van der Waals surface area contributed by atoms with Crippen molar-refractivity contribution >= 4 is 11.8 Å². The zero-order chi connectivity index (χ0) is 15.1. The molecule has 2 aromatic carbocycles. The number of hydrogen-bond acceptors (Lipinski definition) is 3. The summed E-state index contributed by atoms with van der Waals surface area (Å²) >= 11 is 1.77. The number of benzene rings is 2. The molecule has 0 aliphatic rings. The van der Waals surface area contributed by atoms with Crippen LogP contribution in [0.2, 0.25) is 0 Å². The van der Waals surface area contributed by atoms with Crippen molar-refractivity contribution in [1.82, 2.24) is 0 Å². The Morgan fingerprint density at radius 1 is 1.14 bits per heavy atom. The molecule has 0 heterocycles. The molecule has 0 aliphatic carbocycles. The first-order valence-electron chi connectivity index (χ1n) is 6.69. The van der Waals surface area contributed by atoms with E-state index < -0.39 is 0 Å². The Hall–Kier alpha value is -1.89. The van der Waals surface area contributed by atoms with E-state index in [-0.39, 0.29) is 6.61 Å². The van der Waals surface area contributed by atoms with E-state index in [1.807, 2.05) is 18.2 Å². The molecule has 0 atom stereocenters. The summed E-state index contributed by atoms with van der Waals surface area (Å²) in [6, 6.07) is 14.3. The predicted molar refractivity (Wildman–Crippen MR) is 87.7 cm³/mol. The first-order chi connectivity index (χ1) is 10.2. The molecular weight excluding hydrogens is 280 g/mol. The second-order valence-corrected chi connectivity index (χ2v) is 5.64. The van der Waals surface area contributed by atoms with Gasteiger partial charge in [-0.1, -0.05) is 29.5 Å². The van der Waals surface area contributed by atoms with Crippen molar-refractivity contribution in [3.8, 4) is 17.6 Å². The highest BCUT2D eigenvalue weighted by Gasteiger charge is 2.05. The molecule has 2 nitrogen and oxygen atoms in total. The number of aliphatic hydroxyl groups excluding tert-OH is 1. The van der Waals surface area contributed by atoms with E-state index in [1.54, 1.807) is 18.9 Å². The van der Waals surface area contributed by atoms with Crippen molar-refractivity contribution in [3.63, 3.8) is 0 Å². The van der Waals surface area contributed by atoms with Crippen molar-refractivity contribution < 1.29 is 9.84 Å². The SMILES string of the molecule is COc1ccc(C#CCO)cc1CSc1ccc(C)cc1. The van der Waals surface area contributed by atoms with Crippen molar-refractivity contribution in [3.05, 3.63) is 59.2 Å². The van der Waals surface area contributed by atoms with E-state index in [1.165, 1.54) is 10.5 Å². The van der Waals surface area contributed by atoms with Gasteiger partial charge in [0.25, 0.3) is 0 Å². The minimum Gasteiger partial charge on any atom is -0.496 e. The maximum Gasteiger partial charge on any atom is 0.122 e. The third kappa shape index (κ3) is 4.56. The first-order valence-corrected chi connectivity index (χ1v) is 7.67. The molecule has 0 aliphatic heterocycles. The van der Waals surface area contributed by atoms with Gasteiger partial charge in [-0.15, -0.1) is 11.8 Å². The van der Waals surface area contributed by atoms with Crippen LogP contribution in [0.25, 0.3) is 0 Å². The molecule has 2 rings (SSSR count). The molecule has 0 unspecified atom stereocenters. The van der Waals surface area contributed by atoms with Gasteiger partial charge in [0.1, 0.15) is 12.4 Å². The molecule has 0 bridgehead atoms. The van der Waals surface area contributed by atoms with Crippen LogP contribution in [-0.4, -0.2) is 18.8 Å². The van der Waals surface area contributed by atoms with Crippen LogP contribution in [-0.2, 0) is 5.75 Å². The molecule has 0 fully saturated rings. The summed E-state index contributed by atoms with van der Waals surface area (Å²) in [5, 5.41) is 8.77. The molecule has 0 amide bonds. The Morgan fingerprint density at radius 2 is 1.90 bits per heavy atom. The lowest BCUT2D eigenvalue weighted by molar-refractivity contribution is 0.350. The number of thioether (sulfide) groups is 1. The number of aliphatic hydroxyl groups is 1. The van der Waals surface area contributed by atoms with Crippen molar-refractivity contribution in [1.29, 1.82) is 0 Å². The number of rotatable bonds is 4. The topological polar surface area (TPSA) is 29.5 Å². The van der Waals surface area contributed by atoms with E-state index in [0.29, 0.717) is 0 Å². The van der Waals surface area contributed by atoms with Gasteiger partial charge < -0.3 is 9.84 Å². The Morgan fingerprint density at radius 3 is 2.57 bits per heavy atom. The maximum absolute atomic E-state index is 8.77. The minimum absolute atomic E-state index is 0.126. The van der Waals surface area contributed by atoms with Gasteiger partial charge in [-0.25, -0.2) is 0 Å². The van der Waals surface area contributed by atoms with Crippen LogP contribution in [0, 0.1) is 18.8 Å². The number of methoxy groups -OCH3 is 1. The van der Waals surface area contributed by atoms with E-state index >= 15 is 0 Å². The van der Waals surface area contributed by atoms with Gasteiger partial charge in [0.15, 0.2) is 0 Å². The van der Waals surface area contributed by atoms with Crippen LogP contribution < -0.4 is 4.74 Å². The summed E-state index contributed by atoms with van der Waals surface area (Å²) in [5.74, 6) is 7.28. The maximum atomic E-state index is 8.77. The number of hydrogen-bond donors (Lipinski definition) is 1. The second-order valence-electron chi connectivity index (χ2n) is 4.59. The lowest BCUT2D eigenvalue weighted by atomic mass is 10.1. The standard InChI is InChI=1S/C18H18O2S/c1-14-5-8-17(9-6-14)21-13-16-12-15(4-3-11-19)7-10-18(16)20-2/h5-10,12,19H,11,13H2,1-2H3. The van der Waals surface area contributed by atoms with Gasteiger partial charge in [0.05, 0.1) is 7.11 Å². The summed E-state index contributed by atoms with van der Waals surface area (Å²) < 4.78 is 5.40. The van der Waals surface area contributed by atoms with Crippen molar-refractivity contribution in [2.45, 2.75) is 17.6 Å². The summed E-state index contributed by atoms with van der Waals surface area (Å²) in [4.78, 5) is 1.23. The van der Waals surface area contributed by atoms with E-state index in [9.17, 15) is 0 Å². The molecular formula is C18H18O2S. The summed E-state index contributed by atoms with van der Waals surface area (Å²) in [6.07, 6.45) is 0. The quantitative estimate of drug-likeness (QED) is 0.690. The summed E-state index contributed by atoms with van der Waals surface area (Å²) in [7, 11) is 1.68. The van der Waals surface area contributed by atoms with Gasteiger partial charge in [0.2, 0.25) is 0 Å². The highest BCUT2D eigenvalue weighted by Crippen LogP contribution is 2.28. The minimum atomic E-state index is -0.126. The molecule has 0 radical (unpaired) electrons. The first kappa shape index (κ1) is 15.5. The van der Waals surface area contributed by atoms with Crippen LogP contribution in [0.4, 0.5) is 0 Å². The molecule has 0 saturated heterocycles. The second kappa shape index (κ2) is 7.78. The molecule has 0 saturated carbocycles. The summed E-state index contributed by atoms with van der Waals surface area (Å²) in [6.45, 7) is 1.96. The molecule has 1 N–H and O–H groups in total. The smallest absolute Gasteiger partial charge is 0.122 e. The monoisotopic (exact) mass is 298 g/mol. The van der Waals surface area contributed by atoms with E-state index in [2.05, 4.69) is 43.0 Å². The average Bonchev–Trinajstić information content (AvgIpc) is 2.52. The van der Waals surface area contributed by atoms with Gasteiger partial charge in [0, 0.05) is 21.8 Å². The van der Waals surface area contributed by atoms with E-state index in [4.69, 9.17) is 9.84 Å². The lowest BCUT2D eigenvalue weighted by Gasteiger charge is -2.09. The number of ether oxygens (including phenoxy) is 1. The zero-order valence-electron chi connectivity index (χ0n) is 12.2. The summed E-state index contributed by atoms with van der Waals surface area (Å²) in [5.41, 5.74) is 3.26. The van der Waals surface area contributed by atoms with Crippen LogP contribution in [0.3, 0.4) is 0 Å². The fourth-order valence-electron chi connectivity index (χ4n) is 1.91. The van der Waals surface area contributed by atoms with Crippen molar-refractivity contribution in [2.75, 3.05) is 13.7 Å². The predicted octanol–water partition coefficient (Wildman–Crippen LogP) is 3.64. The fraction of sp³-hybridized carbons (Fsp3) is 0.222. The number of aryl methyl sites for hydroxylation is 1. The lowest BCUT2D eigenvalue weighted by Crippen LogP contribution is -1.92. The van der Waals surface area contributed by atoms with Crippen LogP contribution in [0.5, 0.6) is 5.75 Å². The average molecular weight is 298 g/mol. The largest absolute Gasteiger partial charge is 0.496 e. The third-order valence-electron chi connectivity index (χ3n) is 3.01. The van der Waals surface area contributed by atoms with Gasteiger partial charge in [-0.3, -0.25) is 0 Å². The molecule has 0 aromatic heterocycles. The Bertz CT molecular complexity index is 651. The van der Waals surface area contributed by atoms with Gasteiger partial charge in [-0.05, 0) is 37.3 Å². The van der Waals surface area contributed by atoms with Crippen LogP contribution >= 0.6 is 11.8 Å². The molecule has 0 spiro atoms. The van der Waals surface area contributed by atoms with Gasteiger partial charge >= 0.3 is 0 Å². The molecule has 3 heteroatoms.